The molecule has 0 atom stereocenters. The predicted octanol–water partition coefficient (Wildman–Crippen LogP) is 0.698. The number of aromatic nitrogens is 4. The quantitative estimate of drug-likeness (QED) is 0.499. The lowest BCUT2D eigenvalue weighted by Crippen LogP contribution is -2.30. The van der Waals surface area contributed by atoms with Gasteiger partial charge in [-0.3, -0.25) is 35.9 Å². The summed E-state index contributed by atoms with van der Waals surface area (Å²) in [6, 6.07) is 5.74. The number of nitrogens with one attached hydrogen (secondary N) is 2. The highest BCUT2D eigenvalue weighted by Gasteiger charge is 2.19. The minimum atomic E-state index is -0.821. The maximum absolute atomic E-state index is 12.1. The molecule has 0 saturated heterocycles. The average Bonchev–Trinajstić information content (AvgIpc) is 3.06. The van der Waals surface area contributed by atoms with Crippen LogP contribution in [-0.4, -0.2) is 35.6 Å². The predicted molar refractivity (Wildman–Crippen MR) is 81.6 cm³/mol. The molecule has 2 heterocycles. The van der Waals surface area contributed by atoms with E-state index in [1.165, 1.54) is 16.9 Å². The zero-order valence-electron chi connectivity index (χ0n) is 12.2. The normalized spacial score (nSPS) is 10.4. The molecule has 0 unspecified atom stereocenters. The van der Waals surface area contributed by atoms with Gasteiger partial charge in [-0.15, -0.1) is 15.3 Å². The van der Waals surface area contributed by atoms with Crippen LogP contribution in [0.2, 0.25) is 0 Å². The largest absolute Gasteiger partial charge is 0.280 e. The van der Waals surface area contributed by atoms with Crippen LogP contribution < -0.4 is 10.9 Å². The van der Waals surface area contributed by atoms with E-state index >= 15 is 0 Å². The van der Waals surface area contributed by atoms with Gasteiger partial charge in [-0.25, -0.2) is 0 Å². The Hall–Kier alpha value is -4.16. The van der Waals surface area contributed by atoms with Gasteiger partial charge in [-0.1, -0.05) is 0 Å². The van der Waals surface area contributed by atoms with Crippen molar-refractivity contribution in [2.24, 2.45) is 0 Å². The first kappa shape index (κ1) is 15.7. The van der Waals surface area contributed by atoms with Crippen LogP contribution in [0.4, 0.5) is 17.2 Å². The first-order chi connectivity index (χ1) is 11.9. The Kier molecular flexibility index (Phi) is 3.87. The van der Waals surface area contributed by atoms with Crippen molar-refractivity contribution in [2.75, 3.05) is 5.43 Å². The summed E-state index contributed by atoms with van der Waals surface area (Å²) in [6.07, 6.45) is 1.35. The van der Waals surface area contributed by atoms with Gasteiger partial charge in [-0.2, -0.15) is 4.52 Å². The van der Waals surface area contributed by atoms with E-state index in [0.29, 0.717) is 5.65 Å². The third kappa shape index (κ3) is 3.29. The number of benzene rings is 1. The van der Waals surface area contributed by atoms with Crippen molar-refractivity contribution in [1.29, 1.82) is 0 Å². The Morgan fingerprint density at radius 2 is 1.76 bits per heavy atom. The van der Waals surface area contributed by atoms with E-state index in [0.717, 1.165) is 18.2 Å². The van der Waals surface area contributed by atoms with Crippen molar-refractivity contribution in [2.45, 2.75) is 0 Å². The van der Waals surface area contributed by atoms with Gasteiger partial charge in [0.25, 0.3) is 17.3 Å². The molecule has 13 nitrogen and oxygen atoms in total. The molecule has 0 bridgehead atoms. The maximum Gasteiger partial charge on any atom is 0.277 e. The van der Waals surface area contributed by atoms with Crippen molar-refractivity contribution in [3.8, 4) is 0 Å². The van der Waals surface area contributed by atoms with Crippen LogP contribution >= 0.6 is 0 Å². The van der Waals surface area contributed by atoms with Crippen LogP contribution in [0.1, 0.15) is 10.4 Å². The summed E-state index contributed by atoms with van der Waals surface area (Å²) < 4.78 is 1.35. The Labute approximate surface area is 137 Å². The number of hydrogen-bond donors (Lipinski definition) is 2. The molecule has 0 spiro atoms. The van der Waals surface area contributed by atoms with Gasteiger partial charge in [0, 0.05) is 12.1 Å². The fourth-order valence-electron chi connectivity index (χ4n) is 1.93. The number of fused-ring (bicyclic) bond motifs is 1. The number of amides is 1. The number of hydrogen-bond acceptors (Lipinski definition) is 9. The lowest BCUT2D eigenvalue weighted by atomic mass is 10.1. The monoisotopic (exact) mass is 344 g/mol. The molecule has 1 amide bonds. The number of nitrogens with zero attached hydrogens (tertiary/aromatic N) is 6. The van der Waals surface area contributed by atoms with E-state index in [1.54, 1.807) is 6.07 Å². The zero-order chi connectivity index (χ0) is 18.0. The lowest BCUT2D eigenvalue weighted by Gasteiger charge is -2.07. The molecular weight excluding hydrogens is 336 g/mol. The van der Waals surface area contributed by atoms with Gasteiger partial charge in [0.1, 0.15) is 6.33 Å². The van der Waals surface area contributed by atoms with Gasteiger partial charge >= 0.3 is 0 Å². The Morgan fingerprint density at radius 3 is 2.40 bits per heavy atom. The van der Waals surface area contributed by atoms with Crippen molar-refractivity contribution >= 4 is 28.7 Å². The van der Waals surface area contributed by atoms with E-state index in [-0.39, 0.29) is 11.4 Å². The molecule has 13 heteroatoms. The summed E-state index contributed by atoms with van der Waals surface area (Å²) in [5, 5.41) is 33.1. The van der Waals surface area contributed by atoms with E-state index in [4.69, 9.17) is 0 Å². The number of nitro benzene ring substituents is 2. The average molecular weight is 344 g/mol. The fourth-order valence-corrected chi connectivity index (χ4v) is 1.93. The number of carbonyl (C=O) groups is 1. The van der Waals surface area contributed by atoms with Crippen LogP contribution in [0.5, 0.6) is 0 Å². The van der Waals surface area contributed by atoms with Gasteiger partial charge in [0.2, 0.25) is 0 Å². The molecule has 3 rings (SSSR count). The molecule has 2 aromatic heterocycles. The molecule has 0 aliphatic carbocycles. The highest BCUT2D eigenvalue weighted by Crippen LogP contribution is 2.22. The van der Waals surface area contributed by atoms with Crippen molar-refractivity contribution in [3.05, 3.63) is 62.5 Å². The summed E-state index contributed by atoms with van der Waals surface area (Å²) in [4.78, 5) is 32.1. The van der Waals surface area contributed by atoms with E-state index in [1.807, 2.05) is 0 Å². The van der Waals surface area contributed by atoms with Crippen LogP contribution in [0.25, 0.3) is 5.65 Å². The highest BCUT2D eigenvalue weighted by atomic mass is 16.6. The van der Waals surface area contributed by atoms with Crippen molar-refractivity contribution in [3.63, 3.8) is 0 Å². The summed E-state index contributed by atoms with van der Waals surface area (Å²) in [5.74, 6) is -0.571. The van der Waals surface area contributed by atoms with Crippen LogP contribution in [-0.2, 0) is 0 Å². The molecule has 1 aromatic carbocycles. The molecule has 25 heavy (non-hydrogen) atoms. The second kappa shape index (κ2) is 6.15. The molecule has 0 radical (unpaired) electrons. The second-order valence-corrected chi connectivity index (χ2v) is 4.68. The first-order valence-electron chi connectivity index (χ1n) is 6.61. The van der Waals surface area contributed by atoms with Gasteiger partial charge in [0.05, 0.1) is 21.5 Å². The van der Waals surface area contributed by atoms with Crippen LogP contribution in [0.15, 0.2) is 36.7 Å². The molecule has 3 aromatic rings. The Morgan fingerprint density at radius 1 is 1.08 bits per heavy atom. The number of rotatable bonds is 5. The highest BCUT2D eigenvalue weighted by molar-refractivity contribution is 5.96. The third-order valence-electron chi connectivity index (χ3n) is 3.05. The topological polar surface area (TPSA) is 170 Å². The fraction of sp³-hybridized carbons (Fsp3) is 0. The molecule has 0 fully saturated rings. The molecule has 0 saturated carbocycles. The molecule has 2 N–H and O–H groups in total. The standard InChI is InChI=1S/C12H8N8O5/c21-12(7-3-8(19(22)23)5-9(4-7)20(24)25)16-14-10-1-2-11-15-13-6-18(11)17-10/h1-6H,(H,14,17)(H,16,21). The number of non-ortho nitro benzene ring substituents is 2. The number of carbonyl (C=O) groups excluding carboxylic acids is 1. The Balaban J connectivity index is 1.80. The second-order valence-electron chi connectivity index (χ2n) is 4.68. The molecular formula is C12H8N8O5. The van der Waals surface area contributed by atoms with Crippen LogP contribution in [0, 0.1) is 20.2 Å². The summed E-state index contributed by atoms with van der Waals surface area (Å²) in [5.41, 5.74) is 3.86. The van der Waals surface area contributed by atoms with Gasteiger partial charge in [-0.05, 0) is 12.1 Å². The van der Waals surface area contributed by atoms with Crippen molar-refractivity contribution < 1.29 is 14.6 Å². The van der Waals surface area contributed by atoms with E-state index < -0.39 is 27.1 Å². The minimum Gasteiger partial charge on any atom is -0.280 e. The number of anilines is 1. The smallest absolute Gasteiger partial charge is 0.277 e. The minimum absolute atomic E-state index is 0.237. The van der Waals surface area contributed by atoms with Gasteiger partial charge in [0.15, 0.2) is 11.5 Å². The van der Waals surface area contributed by atoms with Gasteiger partial charge < -0.3 is 0 Å². The third-order valence-corrected chi connectivity index (χ3v) is 3.05. The maximum atomic E-state index is 12.1. The zero-order valence-corrected chi connectivity index (χ0v) is 12.2. The van der Waals surface area contributed by atoms with Crippen LogP contribution in [0.3, 0.4) is 0 Å². The van der Waals surface area contributed by atoms with E-state index in [2.05, 4.69) is 26.1 Å². The summed E-state index contributed by atoms with van der Waals surface area (Å²) in [7, 11) is 0. The number of hydrazine groups is 1. The van der Waals surface area contributed by atoms with Crippen molar-refractivity contribution in [1.82, 2.24) is 25.2 Å². The Bertz CT molecular complexity index is 968. The van der Waals surface area contributed by atoms with E-state index in [9.17, 15) is 25.0 Å². The number of nitro groups is 2. The molecule has 0 aliphatic heterocycles. The summed E-state index contributed by atoms with van der Waals surface area (Å²) in [6.45, 7) is 0. The lowest BCUT2D eigenvalue weighted by molar-refractivity contribution is -0.394. The first-order valence-corrected chi connectivity index (χ1v) is 6.61. The molecule has 0 aliphatic rings. The summed E-state index contributed by atoms with van der Waals surface area (Å²) >= 11 is 0. The molecule has 126 valence electrons. The SMILES string of the molecule is O=C(NNc1ccc2nncn2n1)c1cc([N+](=O)[O-])cc([N+](=O)[O-])c1.